The van der Waals surface area contributed by atoms with Crippen LogP contribution >= 0.6 is 0 Å². The predicted octanol–water partition coefficient (Wildman–Crippen LogP) is 2.20. The van der Waals surface area contributed by atoms with Gasteiger partial charge in [0.1, 0.15) is 12.2 Å². The van der Waals surface area contributed by atoms with E-state index in [1.54, 1.807) is 6.33 Å². The van der Waals surface area contributed by atoms with E-state index < -0.39 is 0 Å². The molecule has 114 valence electrons. The fourth-order valence-corrected chi connectivity index (χ4v) is 2.90. The van der Waals surface area contributed by atoms with Crippen LogP contribution in [0.1, 0.15) is 51.9 Å². The van der Waals surface area contributed by atoms with Crippen molar-refractivity contribution in [2.75, 3.05) is 19.8 Å². The largest absolute Gasteiger partial charge is 0.381 e. The fourth-order valence-electron chi connectivity index (χ4n) is 2.90. The first kappa shape index (κ1) is 15.4. The van der Waals surface area contributed by atoms with Gasteiger partial charge in [0.2, 0.25) is 0 Å². The lowest BCUT2D eigenvalue weighted by Gasteiger charge is -2.31. The molecule has 1 fully saturated rings. The average Bonchev–Trinajstić information content (AvgIpc) is 2.92. The molecule has 0 radical (unpaired) electrons. The van der Waals surface area contributed by atoms with Crippen LogP contribution in [0.15, 0.2) is 6.33 Å². The number of hydrogen-bond donors (Lipinski definition) is 1. The second-order valence-electron chi connectivity index (χ2n) is 5.93. The molecule has 1 aliphatic rings. The molecule has 0 bridgehead atoms. The Morgan fingerprint density at radius 3 is 2.80 bits per heavy atom. The minimum absolute atomic E-state index is 0.369. The third-order valence-electron chi connectivity index (χ3n) is 4.03. The summed E-state index contributed by atoms with van der Waals surface area (Å²) in [6.07, 6.45) is 6.10. The van der Waals surface area contributed by atoms with Crippen molar-refractivity contribution in [3.8, 4) is 0 Å². The SMILES string of the molecule is CCCNC(Cc1ncnn1C(C)C)C1CCOCC1. The van der Waals surface area contributed by atoms with Gasteiger partial charge in [-0.3, -0.25) is 0 Å². The maximum absolute atomic E-state index is 5.49. The summed E-state index contributed by atoms with van der Waals surface area (Å²) in [5, 5.41) is 8.05. The first-order chi connectivity index (χ1) is 9.72. The highest BCUT2D eigenvalue weighted by Gasteiger charge is 2.25. The molecule has 2 heterocycles. The van der Waals surface area contributed by atoms with Crippen LogP contribution in [0.3, 0.4) is 0 Å². The van der Waals surface area contributed by atoms with Gasteiger partial charge in [0.15, 0.2) is 0 Å². The van der Waals surface area contributed by atoms with Crippen molar-refractivity contribution >= 4 is 0 Å². The Balaban J connectivity index is 2.03. The van der Waals surface area contributed by atoms with E-state index in [1.807, 2.05) is 4.68 Å². The van der Waals surface area contributed by atoms with Gasteiger partial charge in [-0.25, -0.2) is 9.67 Å². The minimum Gasteiger partial charge on any atom is -0.381 e. The zero-order valence-electron chi connectivity index (χ0n) is 13.0. The smallest absolute Gasteiger partial charge is 0.138 e. The van der Waals surface area contributed by atoms with Gasteiger partial charge in [0.25, 0.3) is 0 Å². The number of ether oxygens (including phenoxy) is 1. The summed E-state index contributed by atoms with van der Waals surface area (Å²) in [5.74, 6) is 1.78. The van der Waals surface area contributed by atoms with Crippen LogP contribution in [0, 0.1) is 5.92 Å². The quantitative estimate of drug-likeness (QED) is 0.832. The van der Waals surface area contributed by atoms with Crippen LogP contribution < -0.4 is 5.32 Å². The molecule has 1 aliphatic heterocycles. The number of nitrogens with zero attached hydrogens (tertiary/aromatic N) is 3. The molecule has 0 saturated carbocycles. The molecule has 1 saturated heterocycles. The lowest BCUT2D eigenvalue weighted by molar-refractivity contribution is 0.0533. The number of rotatable bonds is 7. The third kappa shape index (κ3) is 4.03. The van der Waals surface area contributed by atoms with E-state index in [0.717, 1.165) is 51.3 Å². The molecular formula is C15H28N4O. The summed E-state index contributed by atoms with van der Waals surface area (Å²) in [6, 6.07) is 0.856. The molecule has 1 aromatic rings. The van der Waals surface area contributed by atoms with Gasteiger partial charge >= 0.3 is 0 Å². The zero-order valence-corrected chi connectivity index (χ0v) is 13.0. The molecule has 1 unspecified atom stereocenters. The maximum Gasteiger partial charge on any atom is 0.138 e. The summed E-state index contributed by atoms with van der Waals surface area (Å²) >= 11 is 0. The predicted molar refractivity (Wildman–Crippen MR) is 79.7 cm³/mol. The third-order valence-corrected chi connectivity index (χ3v) is 4.03. The second-order valence-corrected chi connectivity index (χ2v) is 5.93. The Hall–Kier alpha value is -0.940. The van der Waals surface area contributed by atoms with Gasteiger partial charge in [-0.1, -0.05) is 6.92 Å². The summed E-state index contributed by atoms with van der Waals surface area (Å²) < 4.78 is 7.53. The van der Waals surface area contributed by atoms with Crippen LogP contribution in [0.5, 0.6) is 0 Å². The molecule has 5 nitrogen and oxygen atoms in total. The van der Waals surface area contributed by atoms with Gasteiger partial charge < -0.3 is 10.1 Å². The second kappa shape index (κ2) is 7.74. The number of hydrogen-bond acceptors (Lipinski definition) is 4. The lowest BCUT2D eigenvalue weighted by atomic mass is 9.89. The fraction of sp³-hybridized carbons (Fsp3) is 0.867. The Morgan fingerprint density at radius 2 is 2.15 bits per heavy atom. The Bertz CT molecular complexity index is 385. The van der Waals surface area contributed by atoms with Crippen molar-refractivity contribution in [2.45, 2.75) is 58.5 Å². The van der Waals surface area contributed by atoms with Crippen LogP contribution in [0.25, 0.3) is 0 Å². The Morgan fingerprint density at radius 1 is 1.40 bits per heavy atom. The van der Waals surface area contributed by atoms with E-state index in [4.69, 9.17) is 4.74 Å². The number of aromatic nitrogens is 3. The minimum atomic E-state index is 0.369. The van der Waals surface area contributed by atoms with E-state index in [2.05, 4.69) is 36.2 Å². The van der Waals surface area contributed by atoms with Gasteiger partial charge in [0.05, 0.1) is 0 Å². The maximum atomic E-state index is 5.49. The molecule has 2 rings (SSSR count). The van der Waals surface area contributed by atoms with Gasteiger partial charge in [-0.2, -0.15) is 5.10 Å². The van der Waals surface area contributed by atoms with Crippen LogP contribution in [0.4, 0.5) is 0 Å². The molecule has 0 aromatic carbocycles. The van der Waals surface area contributed by atoms with Crippen LogP contribution in [-0.4, -0.2) is 40.6 Å². The van der Waals surface area contributed by atoms with E-state index in [1.165, 1.54) is 0 Å². The summed E-state index contributed by atoms with van der Waals surface area (Å²) in [6.45, 7) is 9.38. The highest BCUT2D eigenvalue weighted by Crippen LogP contribution is 2.21. The van der Waals surface area contributed by atoms with Crippen molar-refractivity contribution in [2.24, 2.45) is 5.92 Å². The topological polar surface area (TPSA) is 52.0 Å². The van der Waals surface area contributed by atoms with E-state index in [9.17, 15) is 0 Å². The molecule has 0 amide bonds. The van der Waals surface area contributed by atoms with E-state index in [-0.39, 0.29) is 0 Å². The molecule has 5 heteroatoms. The monoisotopic (exact) mass is 280 g/mol. The average molecular weight is 280 g/mol. The standard InChI is InChI=1S/C15H28N4O/c1-4-7-16-14(13-5-8-20-9-6-13)10-15-17-11-18-19(15)12(2)3/h11-14,16H,4-10H2,1-3H3. The molecule has 1 N–H and O–H groups in total. The van der Waals surface area contributed by atoms with E-state index >= 15 is 0 Å². The first-order valence-electron chi connectivity index (χ1n) is 7.91. The van der Waals surface area contributed by atoms with Gasteiger partial charge in [0, 0.05) is 31.7 Å². The van der Waals surface area contributed by atoms with Crippen molar-refractivity contribution < 1.29 is 4.74 Å². The normalized spacial score (nSPS) is 18.6. The molecule has 20 heavy (non-hydrogen) atoms. The van der Waals surface area contributed by atoms with Crippen molar-refractivity contribution in [1.82, 2.24) is 20.1 Å². The number of nitrogens with one attached hydrogen (secondary N) is 1. The molecule has 0 aliphatic carbocycles. The Labute approximate surface area is 122 Å². The summed E-state index contributed by atoms with van der Waals surface area (Å²) in [4.78, 5) is 4.46. The van der Waals surface area contributed by atoms with Crippen LogP contribution in [-0.2, 0) is 11.2 Å². The van der Waals surface area contributed by atoms with Gasteiger partial charge in [-0.15, -0.1) is 0 Å². The molecule has 1 aromatic heterocycles. The zero-order chi connectivity index (χ0) is 14.4. The first-order valence-corrected chi connectivity index (χ1v) is 7.91. The molecular weight excluding hydrogens is 252 g/mol. The molecule has 1 atom stereocenters. The highest BCUT2D eigenvalue weighted by molar-refractivity contribution is 4.94. The Kier molecular flexibility index (Phi) is 5.98. The summed E-state index contributed by atoms with van der Waals surface area (Å²) in [7, 11) is 0. The van der Waals surface area contributed by atoms with Crippen molar-refractivity contribution in [3.63, 3.8) is 0 Å². The summed E-state index contributed by atoms with van der Waals surface area (Å²) in [5.41, 5.74) is 0. The van der Waals surface area contributed by atoms with Crippen molar-refractivity contribution in [3.05, 3.63) is 12.2 Å². The lowest BCUT2D eigenvalue weighted by Crippen LogP contribution is -2.41. The highest BCUT2D eigenvalue weighted by atomic mass is 16.5. The van der Waals surface area contributed by atoms with E-state index in [0.29, 0.717) is 18.0 Å². The van der Waals surface area contributed by atoms with Gasteiger partial charge in [-0.05, 0) is 45.6 Å². The van der Waals surface area contributed by atoms with Crippen molar-refractivity contribution in [1.29, 1.82) is 0 Å². The molecule has 0 spiro atoms. The van der Waals surface area contributed by atoms with Crippen LogP contribution in [0.2, 0.25) is 0 Å².